The lowest BCUT2D eigenvalue weighted by atomic mass is 10.0. The van der Waals surface area contributed by atoms with Crippen molar-refractivity contribution in [2.24, 2.45) is 0 Å². The molecule has 0 aliphatic carbocycles. The van der Waals surface area contributed by atoms with E-state index in [-0.39, 0.29) is 11.6 Å². The van der Waals surface area contributed by atoms with E-state index in [4.69, 9.17) is 0 Å². The zero-order valence-electron chi connectivity index (χ0n) is 11.7. The fourth-order valence-corrected chi connectivity index (χ4v) is 2.23. The second-order valence-corrected chi connectivity index (χ2v) is 4.87. The Morgan fingerprint density at radius 1 is 1.10 bits per heavy atom. The smallest absolute Gasteiger partial charge is 0.310 e. The van der Waals surface area contributed by atoms with Crippen molar-refractivity contribution in [2.75, 3.05) is 6.54 Å². The molecule has 0 saturated heterocycles. The van der Waals surface area contributed by atoms with Gasteiger partial charge in [0.25, 0.3) is 0 Å². The van der Waals surface area contributed by atoms with Gasteiger partial charge in [0.2, 0.25) is 0 Å². The SMILES string of the molecule is CC(NCCc1ccncc1)c1ccccc1C(F)(F)F. The van der Waals surface area contributed by atoms with Crippen molar-refractivity contribution in [1.82, 2.24) is 10.3 Å². The molecule has 1 N–H and O–H groups in total. The summed E-state index contributed by atoms with van der Waals surface area (Å²) in [6.45, 7) is 2.36. The van der Waals surface area contributed by atoms with Gasteiger partial charge in [-0.25, -0.2) is 0 Å². The Hall–Kier alpha value is -1.88. The van der Waals surface area contributed by atoms with E-state index in [1.165, 1.54) is 12.1 Å². The summed E-state index contributed by atoms with van der Waals surface area (Å²) in [6.07, 6.45) is -0.159. The third-order valence-corrected chi connectivity index (χ3v) is 3.35. The highest BCUT2D eigenvalue weighted by molar-refractivity contribution is 5.32. The molecule has 5 heteroatoms. The number of nitrogens with zero attached hydrogens (tertiary/aromatic N) is 1. The number of rotatable bonds is 5. The summed E-state index contributed by atoms with van der Waals surface area (Å²) in [7, 11) is 0. The molecule has 0 saturated carbocycles. The Kier molecular flexibility index (Phi) is 4.96. The number of benzene rings is 1. The van der Waals surface area contributed by atoms with Crippen LogP contribution in [0.4, 0.5) is 13.2 Å². The molecule has 0 spiro atoms. The number of hydrogen-bond acceptors (Lipinski definition) is 2. The predicted octanol–water partition coefficient (Wildman–Crippen LogP) is 3.99. The highest BCUT2D eigenvalue weighted by atomic mass is 19.4. The van der Waals surface area contributed by atoms with Crippen molar-refractivity contribution < 1.29 is 13.2 Å². The molecule has 0 bridgehead atoms. The highest BCUT2D eigenvalue weighted by Gasteiger charge is 2.33. The van der Waals surface area contributed by atoms with Gasteiger partial charge in [-0.3, -0.25) is 4.98 Å². The van der Waals surface area contributed by atoms with Crippen LogP contribution in [0.25, 0.3) is 0 Å². The fraction of sp³-hybridized carbons (Fsp3) is 0.312. The van der Waals surface area contributed by atoms with Gasteiger partial charge in [0.15, 0.2) is 0 Å². The molecule has 2 nitrogen and oxygen atoms in total. The van der Waals surface area contributed by atoms with E-state index in [9.17, 15) is 13.2 Å². The first-order chi connectivity index (χ1) is 9.98. The van der Waals surface area contributed by atoms with Gasteiger partial charge in [0, 0.05) is 18.4 Å². The largest absolute Gasteiger partial charge is 0.416 e. The molecule has 1 aromatic carbocycles. The van der Waals surface area contributed by atoms with Gasteiger partial charge in [-0.2, -0.15) is 13.2 Å². The van der Waals surface area contributed by atoms with Crippen molar-refractivity contribution in [2.45, 2.75) is 25.6 Å². The lowest BCUT2D eigenvalue weighted by molar-refractivity contribution is -0.138. The minimum Gasteiger partial charge on any atom is -0.310 e. The molecule has 1 heterocycles. The van der Waals surface area contributed by atoms with Crippen LogP contribution in [-0.4, -0.2) is 11.5 Å². The van der Waals surface area contributed by atoms with Crippen LogP contribution in [0.15, 0.2) is 48.8 Å². The molecule has 2 aromatic rings. The molecular formula is C16H17F3N2. The van der Waals surface area contributed by atoms with Crippen LogP contribution < -0.4 is 5.32 Å². The zero-order valence-corrected chi connectivity index (χ0v) is 11.7. The second kappa shape index (κ2) is 6.72. The van der Waals surface area contributed by atoms with E-state index >= 15 is 0 Å². The molecule has 0 fully saturated rings. The highest BCUT2D eigenvalue weighted by Crippen LogP contribution is 2.34. The molecule has 1 atom stereocenters. The van der Waals surface area contributed by atoms with E-state index in [0.29, 0.717) is 6.54 Å². The molecule has 21 heavy (non-hydrogen) atoms. The van der Waals surface area contributed by atoms with Gasteiger partial charge < -0.3 is 5.32 Å². The summed E-state index contributed by atoms with van der Waals surface area (Å²) in [5.74, 6) is 0. The number of hydrogen-bond donors (Lipinski definition) is 1. The third-order valence-electron chi connectivity index (χ3n) is 3.35. The maximum atomic E-state index is 13.0. The Morgan fingerprint density at radius 2 is 1.76 bits per heavy atom. The molecule has 2 rings (SSSR count). The summed E-state index contributed by atoms with van der Waals surface area (Å²) < 4.78 is 38.9. The third kappa shape index (κ3) is 4.29. The molecule has 1 aromatic heterocycles. The van der Waals surface area contributed by atoms with Gasteiger partial charge in [-0.05, 0) is 49.2 Å². The van der Waals surface area contributed by atoms with Crippen LogP contribution in [0.1, 0.15) is 29.7 Å². The molecular weight excluding hydrogens is 277 g/mol. The van der Waals surface area contributed by atoms with Crippen molar-refractivity contribution in [3.63, 3.8) is 0 Å². The van der Waals surface area contributed by atoms with Crippen LogP contribution >= 0.6 is 0 Å². The van der Waals surface area contributed by atoms with E-state index in [0.717, 1.165) is 18.1 Å². The number of aromatic nitrogens is 1. The number of nitrogens with one attached hydrogen (secondary N) is 1. The van der Waals surface area contributed by atoms with Crippen LogP contribution in [0.2, 0.25) is 0 Å². The zero-order chi connectivity index (χ0) is 15.3. The van der Waals surface area contributed by atoms with Crippen LogP contribution in [0, 0.1) is 0 Å². The first kappa shape index (κ1) is 15.5. The van der Waals surface area contributed by atoms with Crippen LogP contribution in [0.5, 0.6) is 0 Å². The van der Waals surface area contributed by atoms with Crippen molar-refractivity contribution in [1.29, 1.82) is 0 Å². The Labute approximate surface area is 122 Å². The van der Waals surface area contributed by atoms with E-state index < -0.39 is 11.7 Å². The molecule has 0 aliphatic rings. The Bertz CT molecular complexity index is 567. The van der Waals surface area contributed by atoms with Gasteiger partial charge in [0.05, 0.1) is 5.56 Å². The first-order valence-electron chi connectivity index (χ1n) is 6.77. The maximum Gasteiger partial charge on any atom is 0.416 e. The van der Waals surface area contributed by atoms with Crippen molar-refractivity contribution >= 4 is 0 Å². The van der Waals surface area contributed by atoms with Gasteiger partial charge in [0.1, 0.15) is 0 Å². The summed E-state index contributed by atoms with van der Waals surface area (Å²) in [5, 5.41) is 3.14. The van der Waals surface area contributed by atoms with Gasteiger partial charge in [-0.15, -0.1) is 0 Å². The van der Waals surface area contributed by atoms with E-state index in [1.807, 2.05) is 12.1 Å². The minimum absolute atomic E-state index is 0.278. The lowest BCUT2D eigenvalue weighted by Gasteiger charge is -2.19. The second-order valence-electron chi connectivity index (χ2n) is 4.87. The van der Waals surface area contributed by atoms with Crippen LogP contribution in [-0.2, 0) is 12.6 Å². The summed E-state index contributed by atoms with van der Waals surface area (Å²) in [6, 6.07) is 9.13. The standard InChI is InChI=1S/C16H17F3N2/c1-12(21-11-8-13-6-9-20-10-7-13)14-4-2-3-5-15(14)16(17,18)19/h2-7,9-10,12,21H,8,11H2,1H3. The Balaban J connectivity index is 1.99. The van der Waals surface area contributed by atoms with Crippen LogP contribution in [0.3, 0.4) is 0 Å². The molecule has 0 amide bonds. The molecule has 0 radical (unpaired) electrons. The number of alkyl halides is 3. The lowest BCUT2D eigenvalue weighted by Crippen LogP contribution is -2.24. The maximum absolute atomic E-state index is 13.0. The van der Waals surface area contributed by atoms with Crippen molar-refractivity contribution in [3.05, 3.63) is 65.5 Å². The number of pyridine rings is 1. The summed E-state index contributed by atoms with van der Waals surface area (Å²) >= 11 is 0. The molecule has 0 aliphatic heterocycles. The van der Waals surface area contributed by atoms with Gasteiger partial charge >= 0.3 is 6.18 Å². The van der Waals surface area contributed by atoms with E-state index in [2.05, 4.69) is 10.3 Å². The Morgan fingerprint density at radius 3 is 2.43 bits per heavy atom. The monoisotopic (exact) mass is 294 g/mol. The molecule has 1 unspecified atom stereocenters. The molecule has 112 valence electrons. The summed E-state index contributed by atoms with van der Waals surface area (Å²) in [4.78, 5) is 3.93. The number of halogens is 3. The fourth-order valence-electron chi connectivity index (χ4n) is 2.23. The summed E-state index contributed by atoms with van der Waals surface area (Å²) in [5.41, 5.74) is 0.808. The first-order valence-corrected chi connectivity index (χ1v) is 6.77. The average Bonchev–Trinajstić information content (AvgIpc) is 2.47. The van der Waals surface area contributed by atoms with Gasteiger partial charge in [-0.1, -0.05) is 18.2 Å². The normalized spacial score (nSPS) is 13.1. The van der Waals surface area contributed by atoms with Crippen molar-refractivity contribution in [3.8, 4) is 0 Å². The predicted molar refractivity (Wildman–Crippen MR) is 75.8 cm³/mol. The van der Waals surface area contributed by atoms with E-state index in [1.54, 1.807) is 25.4 Å². The average molecular weight is 294 g/mol. The topological polar surface area (TPSA) is 24.9 Å². The quantitative estimate of drug-likeness (QED) is 0.901. The minimum atomic E-state index is -4.32.